The van der Waals surface area contributed by atoms with E-state index in [1.54, 1.807) is 0 Å². The fraction of sp³-hybridized carbons (Fsp3) is 0.875. The Morgan fingerprint density at radius 2 is 1.90 bits per heavy atom. The molecule has 2 atom stereocenters. The monoisotopic (exact) mass is 143 g/mol. The Morgan fingerprint density at radius 1 is 1.40 bits per heavy atom. The summed E-state index contributed by atoms with van der Waals surface area (Å²) >= 11 is 0. The third-order valence-corrected chi connectivity index (χ3v) is 1.87. The molecule has 1 amide bonds. The lowest BCUT2D eigenvalue weighted by atomic mass is 10.0. The van der Waals surface area contributed by atoms with E-state index in [2.05, 4.69) is 12.2 Å². The number of hydrogen-bond acceptors (Lipinski definition) is 1. The molecule has 60 valence electrons. The minimum Gasteiger partial charge on any atom is -0.356 e. The lowest BCUT2D eigenvalue weighted by Crippen LogP contribution is -2.16. The summed E-state index contributed by atoms with van der Waals surface area (Å²) in [5.41, 5.74) is 0. The molecule has 2 unspecified atom stereocenters. The molecule has 0 radical (unpaired) electrons. The van der Waals surface area contributed by atoms with Gasteiger partial charge in [-0.15, -0.1) is 0 Å². The Balaban J connectivity index is 0.000000371. The van der Waals surface area contributed by atoms with E-state index in [1.807, 2.05) is 20.8 Å². The van der Waals surface area contributed by atoms with Crippen molar-refractivity contribution in [3.05, 3.63) is 0 Å². The summed E-state index contributed by atoms with van der Waals surface area (Å²) in [6, 6.07) is 0. The highest BCUT2D eigenvalue weighted by Crippen LogP contribution is 2.14. The van der Waals surface area contributed by atoms with Crippen LogP contribution in [0.3, 0.4) is 0 Å². The van der Waals surface area contributed by atoms with E-state index >= 15 is 0 Å². The quantitative estimate of drug-likeness (QED) is 0.546. The number of carbonyl (C=O) groups is 1. The van der Waals surface area contributed by atoms with E-state index < -0.39 is 0 Å². The first-order chi connectivity index (χ1) is 4.72. The van der Waals surface area contributed by atoms with E-state index in [9.17, 15) is 4.79 Å². The van der Waals surface area contributed by atoms with Gasteiger partial charge in [0.15, 0.2) is 0 Å². The molecular formula is C8H17NO. The molecule has 1 rings (SSSR count). The average Bonchev–Trinajstić information content (AvgIpc) is 2.25. The second-order valence-electron chi connectivity index (χ2n) is 2.51. The molecular weight excluding hydrogens is 126 g/mol. The number of hydrogen-bond donors (Lipinski definition) is 1. The van der Waals surface area contributed by atoms with Gasteiger partial charge in [-0.2, -0.15) is 0 Å². The van der Waals surface area contributed by atoms with E-state index in [-0.39, 0.29) is 11.8 Å². The molecule has 1 fully saturated rings. The molecule has 0 aromatic rings. The zero-order valence-electron chi connectivity index (χ0n) is 7.27. The van der Waals surface area contributed by atoms with Gasteiger partial charge in [0, 0.05) is 12.5 Å². The van der Waals surface area contributed by atoms with Crippen LogP contribution < -0.4 is 5.32 Å². The second-order valence-corrected chi connectivity index (χ2v) is 2.51. The van der Waals surface area contributed by atoms with Gasteiger partial charge in [0.25, 0.3) is 0 Å². The van der Waals surface area contributed by atoms with E-state index in [4.69, 9.17) is 0 Å². The first kappa shape index (κ1) is 9.47. The van der Waals surface area contributed by atoms with E-state index in [1.165, 1.54) is 0 Å². The summed E-state index contributed by atoms with van der Waals surface area (Å²) in [5, 5.41) is 2.78. The molecule has 2 nitrogen and oxygen atoms in total. The molecule has 0 saturated carbocycles. The van der Waals surface area contributed by atoms with E-state index in [0.717, 1.165) is 6.54 Å². The zero-order chi connectivity index (χ0) is 8.15. The third-order valence-electron chi connectivity index (χ3n) is 1.87. The van der Waals surface area contributed by atoms with Crippen LogP contribution in [0, 0.1) is 11.8 Å². The number of nitrogens with one attached hydrogen (secondary N) is 1. The largest absolute Gasteiger partial charge is 0.356 e. The molecule has 2 heteroatoms. The molecule has 0 bridgehead atoms. The summed E-state index contributed by atoms with van der Waals surface area (Å²) < 4.78 is 0. The Morgan fingerprint density at radius 3 is 2.00 bits per heavy atom. The van der Waals surface area contributed by atoms with Crippen LogP contribution in [-0.2, 0) is 4.79 Å². The van der Waals surface area contributed by atoms with Crippen LogP contribution >= 0.6 is 0 Å². The van der Waals surface area contributed by atoms with Gasteiger partial charge in [-0.3, -0.25) is 4.79 Å². The van der Waals surface area contributed by atoms with Gasteiger partial charge >= 0.3 is 0 Å². The maximum Gasteiger partial charge on any atom is 0.223 e. The molecule has 1 saturated heterocycles. The average molecular weight is 143 g/mol. The molecule has 1 aliphatic rings. The van der Waals surface area contributed by atoms with Crippen molar-refractivity contribution in [2.75, 3.05) is 6.54 Å². The minimum absolute atomic E-state index is 0.206. The highest BCUT2D eigenvalue weighted by atomic mass is 16.2. The van der Waals surface area contributed by atoms with Crippen LogP contribution in [0.15, 0.2) is 0 Å². The van der Waals surface area contributed by atoms with Crippen molar-refractivity contribution in [2.24, 2.45) is 11.8 Å². The summed E-state index contributed by atoms with van der Waals surface area (Å²) in [6.45, 7) is 8.91. The Bertz CT molecular complexity index is 112. The van der Waals surface area contributed by atoms with Crippen LogP contribution in [0.4, 0.5) is 0 Å². The van der Waals surface area contributed by atoms with Crippen molar-refractivity contribution in [3.63, 3.8) is 0 Å². The Hall–Kier alpha value is -0.530. The van der Waals surface area contributed by atoms with Gasteiger partial charge in [-0.05, 0) is 5.92 Å². The molecule has 0 aromatic heterocycles. The SMILES string of the molecule is CC.CC1CNC(=O)C1C. The first-order valence-electron chi connectivity index (χ1n) is 3.99. The normalized spacial score (nSPS) is 30.6. The van der Waals surface area contributed by atoms with Gasteiger partial charge in [0.05, 0.1) is 0 Å². The van der Waals surface area contributed by atoms with Crippen LogP contribution in [0.5, 0.6) is 0 Å². The Labute approximate surface area is 63.0 Å². The summed E-state index contributed by atoms with van der Waals surface area (Å²) in [6.07, 6.45) is 0. The molecule has 0 aromatic carbocycles. The lowest BCUT2D eigenvalue weighted by Gasteiger charge is -2.00. The maximum absolute atomic E-state index is 10.7. The molecule has 1 heterocycles. The van der Waals surface area contributed by atoms with Gasteiger partial charge in [0.2, 0.25) is 5.91 Å². The summed E-state index contributed by atoms with van der Waals surface area (Å²) in [4.78, 5) is 10.7. The van der Waals surface area contributed by atoms with Gasteiger partial charge in [0.1, 0.15) is 0 Å². The number of amides is 1. The highest BCUT2D eigenvalue weighted by Gasteiger charge is 2.26. The lowest BCUT2D eigenvalue weighted by molar-refractivity contribution is -0.122. The number of carbonyl (C=O) groups excluding carboxylic acids is 1. The van der Waals surface area contributed by atoms with Crippen molar-refractivity contribution in [3.8, 4) is 0 Å². The summed E-state index contributed by atoms with van der Waals surface area (Å²) in [5.74, 6) is 0.968. The predicted molar refractivity (Wildman–Crippen MR) is 42.7 cm³/mol. The van der Waals surface area contributed by atoms with E-state index in [0.29, 0.717) is 5.92 Å². The van der Waals surface area contributed by atoms with Crippen molar-refractivity contribution in [2.45, 2.75) is 27.7 Å². The Kier molecular flexibility index (Phi) is 4.08. The summed E-state index contributed by atoms with van der Waals surface area (Å²) in [7, 11) is 0. The third kappa shape index (κ3) is 2.01. The topological polar surface area (TPSA) is 29.1 Å². The van der Waals surface area contributed by atoms with Crippen LogP contribution in [0.25, 0.3) is 0 Å². The van der Waals surface area contributed by atoms with Gasteiger partial charge in [-0.1, -0.05) is 27.7 Å². The molecule has 1 aliphatic heterocycles. The standard InChI is InChI=1S/C6H11NO.C2H6/c1-4-3-7-6(8)5(4)2;1-2/h4-5H,3H2,1-2H3,(H,7,8);1-2H3. The number of rotatable bonds is 0. The smallest absolute Gasteiger partial charge is 0.223 e. The van der Waals surface area contributed by atoms with Gasteiger partial charge in [-0.25, -0.2) is 0 Å². The van der Waals surface area contributed by atoms with Crippen LogP contribution in [0.2, 0.25) is 0 Å². The van der Waals surface area contributed by atoms with Crippen molar-refractivity contribution in [1.29, 1.82) is 0 Å². The molecule has 0 aliphatic carbocycles. The molecule has 0 spiro atoms. The highest BCUT2D eigenvalue weighted by molar-refractivity contribution is 5.80. The fourth-order valence-electron chi connectivity index (χ4n) is 0.858. The van der Waals surface area contributed by atoms with Gasteiger partial charge < -0.3 is 5.32 Å². The van der Waals surface area contributed by atoms with Crippen molar-refractivity contribution < 1.29 is 4.79 Å². The van der Waals surface area contributed by atoms with Crippen molar-refractivity contribution >= 4 is 5.91 Å². The zero-order valence-corrected chi connectivity index (χ0v) is 7.27. The fourth-order valence-corrected chi connectivity index (χ4v) is 0.858. The first-order valence-corrected chi connectivity index (χ1v) is 3.99. The predicted octanol–water partition coefficient (Wildman–Crippen LogP) is 1.41. The second kappa shape index (κ2) is 4.31. The minimum atomic E-state index is 0.206. The molecule has 10 heavy (non-hydrogen) atoms. The maximum atomic E-state index is 10.7. The van der Waals surface area contributed by atoms with Crippen LogP contribution in [0.1, 0.15) is 27.7 Å². The van der Waals surface area contributed by atoms with Crippen LogP contribution in [-0.4, -0.2) is 12.5 Å². The van der Waals surface area contributed by atoms with Crippen molar-refractivity contribution in [1.82, 2.24) is 5.32 Å². The molecule has 1 N–H and O–H groups in total.